The summed E-state index contributed by atoms with van der Waals surface area (Å²) < 4.78 is 0. The molecule has 0 aliphatic rings. The summed E-state index contributed by atoms with van der Waals surface area (Å²) in [7, 11) is 0. The van der Waals surface area contributed by atoms with E-state index in [0.29, 0.717) is 17.1 Å². The fourth-order valence-corrected chi connectivity index (χ4v) is 1.52. The van der Waals surface area contributed by atoms with Gasteiger partial charge in [-0.1, -0.05) is 32.4 Å². The second kappa shape index (κ2) is 4.19. The summed E-state index contributed by atoms with van der Waals surface area (Å²) in [6.07, 6.45) is 0.702. The van der Waals surface area contributed by atoms with Crippen molar-refractivity contribution in [2.75, 3.05) is 0 Å². The lowest BCUT2D eigenvalue weighted by Gasteiger charge is -2.17. The average molecular weight is 228 g/mol. The number of hydrogen-bond acceptors (Lipinski definition) is 2. The van der Waals surface area contributed by atoms with E-state index in [1.807, 2.05) is 0 Å². The van der Waals surface area contributed by atoms with Crippen molar-refractivity contribution in [2.24, 2.45) is 5.41 Å². The van der Waals surface area contributed by atoms with Crippen molar-refractivity contribution >= 4 is 17.6 Å². The number of hydrogen-bond donors (Lipinski definition) is 1. The highest BCUT2D eigenvalue weighted by atomic mass is 35.5. The van der Waals surface area contributed by atoms with Crippen LogP contribution in [0.5, 0.6) is 0 Å². The van der Waals surface area contributed by atoms with Gasteiger partial charge in [0.1, 0.15) is 5.69 Å². The van der Waals surface area contributed by atoms with Crippen molar-refractivity contribution in [1.29, 1.82) is 0 Å². The highest BCUT2D eigenvalue weighted by molar-refractivity contribution is 6.30. The van der Waals surface area contributed by atoms with Crippen molar-refractivity contribution in [3.63, 3.8) is 0 Å². The standard InChI is InChI=1S/C11H14ClNO2/c1-11(2,3)6-8-4-7(12)5-9(13-8)10(14)15/h4-5H,6H2,1-3H3,(H,14,15). The summed E-state index contributed by atoms with van der Waals surface area (Å²) in [6, 6.07) is 3.06. The van der Waals surface area contributed by atoms with Gasteiger partial charge in [0.05, 0.1) is 0 Å². The Morgan fingerprint density at radius 1 is 1.47 bits per heavy atom. The first kappa shape index (κ1) is 12.0. The van der Waals surface area contributed by atoms with Gasteiger partial charge in [0.15, 0.2) is 0 Å². The van der Waals surface area contributed by atoms with Gasteiger partial charge >= 0.3 is 5.97 Å². The van der Waals surface area contributed by atoms with Gasteiger partial charge in [-0.15, -0.1) is 0 Å². The highest BCUT2D eigenvalue weighted by Gasteiger charge is 2.15. The monoisotopic (exact) mass is 227 g/mol. The lowest BCUT2D eigenvalue weighted by molar-refractivity contribution is 0.0690. The van der Waals surface area contributed by atoms with E-state index in [1.165, 1.54) is 6.07 Å². The molecule has 1 rings (SSSR count). The minimum absolute atomic E-state index is 0.00162. The van der Waals surface area contributed by atoms with E-state index < -0.39 is 5.97 Å². The molecule has 0 unspecified atom stereocenters. The molecule has 15 heavy (non-hydrogen) atoms. The zero-order valence-corrected chi connectivity index (χ0v) is 9.80. The van der Waals surface area contributed by atoms with E-state index in [1.54, 1.807) is 6.07 Å². The van der Waals surface area contributed by atoms with E-state index in [-0.39, 0.29) is 11.1 Å². The maximum atomic E-state index is 10.7. The predicted molar refractivity (Wildman–Crippen MR) is 59.4 cm³/mol. The first-order chi connectivity index (χ1) is 6.78. The van der Waals surface area contributed by atoms with Crippen LogP contribution in [0.15, 0.2) is 12.1 Å². The van der Waals surface area contributed by atoms with Crippen molar-refractivity contribution in [3.05, 3.63) is 28.5 Å². The molecule has 0 saturated carbocycles. The lowest BCUT2D eigenvalue weighted by atomic mass is 9.90. The number of pyridine rings is 1. The number of aromatic nitrogens is 1. The molecule has 0 radical (unpaired) electrons. The maximum absolute atomic E-state index is 10.7. The molecule has 0 atom stereocenters. The smallest absolute Gasteiger partial charge is 0.354 e. The number of rotatable bonds is 2. The van der Waals surface area contributed by atoms with Crippen LogP contribution in [0.3, 0.4) is 0 Å². The molecule has 1 heterocycles. The molecule has 0 fully saturated rings. The minimum atomic E-state index is -1.05. The van der Waals surface area contributed by atoms with Crippen LogP contribution >= 0.6 is 11.6 Å². The molecule has 1 N–H and O–H groups in total. The second-order valence-corrected chi connectivity index (χ2v) is 5.14. The van der Waals surface area contributed by atoms with Crippen molar-refractivity contribution in [2.45, 2.75) is 27.2 Å². The van der Waals surface area contributed by atoms with Gasteiger partial charge in [-0.25, -0.2) is 9.78 Å². The number of carboxylic acids is 1. The summed E-state index contributed by atoms with van der Waals surface area (Å²) in [5, 5.41) is 9.23. The molecular formula is C11H14ClNO2. The Kier molecular flexibility index (Phi) is 3.35. The van der Waals surface area contributed by atoms with Gasteiger partial charge in [0.25, 0.3) is 0 Å². The first-order valence-corrected chi connectivity index (χ1v) is 5.05. The van der Waals surface area contributed by atoms with Crippen molar-refractivity contribution in [3.8, 4) is 0 Å². The van der Waals surface area contributed by atoms with Crippen LogP contribution in [0.25, 0.3) is 0 Å². The van der Waals surface area contributed by atoms with Crippen LogP contribution < -0.4 is 0 Å². The van der Waals surface area contributed by atoms with E-state index in [2.05, 4.69) is 25.8 Å². The Balaban J connectivity index is 3.04. The van der Waals surface area contributed by atoms with Gasteiger partial charge in [0, 0.05) is 10.7 Å². The van der Waals surface area contributed by atoms with Gasteiger partial charge in [-0.05, 0) is 24.0 Å². The average Bonchev–Trinajstić information content (AvgIpc) is 1.99. The molecule has 1 aromatic rings. The van der Waals surface area contributed by atoms with E-state index in [4.69, 9.17) is 16.7 Å². The van der Waals surface area contributed by atoms with E-state index in [9.17, 15) is 4.79 Å². The molecule has 0 aromatic carbocycles. The minimum Gasteiger partial charge on any atom is -0.477 e. The molecule has 0 spiro atoms. The van der Waals surface area contributed by atoms with Crippen LogP contribution in [-0.2, 0) is 6.42 Å². The van der Waals surface area contributed by atoms with Gasteiger partial charge in [-0.2, -0.15) is 0 Å². The van der Waals surface area contributed by atoms with Crippen molar-refractivity contribution in [1.82, 2.24) is 4.98 Å². The fourth-order valence-electron chi connectivity index (χ4n) is 1.29. The number of carbonyl (C=O) groups is 1. The second-order valence-electron chi connectivity index (χ2n) is 4.70. The lowest BCUT2D eigenvalue weighted by Crippen LogP contribution is -2.12. The van der Waals surface area contributed by atoms with E-state index in [0.717, 1.165) is 0 Å². The predicted octanol–water partition coefficient (Wildman–Crippen LogP) is 3.02. The van der Waals surface area contributed by atoms with Crippen molar-refractivity contribution < 1.29 is 9.90 Å². The summed E-state index contributed by atoms with van der Waals surface area (Å²) >= 11 is 5.82. The summed E-state index contributed by atoms with van der Waals surface area (Å²) in [5.74, 6) is -1.05. The third-order valence-electron chi connectivity index (χ3n) is 1.77. The third-order valence-corrected chi connectivity index (χ3v) is 1.99. The van der Waals surface area contributed by atoms with Crippen LogP contribution in [0.1, 0.15) is 37.0 Å². The molecule has 0 aliphatic heterocycles. The molecule has 82 valence electrons. The van der Waals surface area contributed by atoms with Gasteiger partial charge < -0.3 is 5.11 Å². The number of aromatic carboxylic acids is 1. The Morgan fingerprint density at radius 2 is 2.07 bits per heavy atom. The molecule has 0 bridgehead atoms. The SMILES string of the molecule is CC(C)(C)Cc1cc(Cl)cc(C(=O)O)n1. The van der Waals surface area contributed by atoms with E-state index >= 15 is 0 Å². The molecule has 1 aromatic heterocycles. The number of nitrogens with zero attached hydrogens (tertiary/aromatic N) is 1. The Labute approximate surface area is 94.1 Å². The fraction of sp³-hybridized carbons (Fsp3) is 0.455. The Morgan fingerprint density at radius 3 is 2.53 bits per heavy atom. The van der Waals surface area contributed by atoms with Crippen LogP contribution in [0, 0.1) is 5.41 Å². The number of halogens is 1. The zero-order chi connectivity index (χ0) is 11.6. The largest absolute Gasteiger partial charge is 0.477 e. The molecule has 0 aliphatic carbocycles. The molecule has 0 amide bonds. The van der Waals surface area contributed by atoms with Gasteiger partial charge in [-0.3, -0.25) is 0 Å². The first-order valence-electron chi connectivity index (χ1n) is 4.68. The topological polar surface area (TPSA) is 50.2 Å². The van der Waals surface area contributed by atoms with Crippen LogP contribution in [0.4, 0.5) is 0 Å². The molecule has 0 saturated heterocycles. The maximum Gasteiger partial charge on any atom is 0.354 e. The van der Waals surface area contributed by atoms with Gasteiger partial charge in [0.2, 0.25) is 0 Å². The van der Waals surface area contributed by atoms with Crippen LogP contribution in [0.2, 0.25) is 5.02 Å². The summed E-state index contributed by atoms with van der Waals surface area (Å²) in [5.41, 5.74) is 0.780. The zero-order valence-electron chi connectivity index (χ0n) is 9.04. The molecule has 4 heteroatoms. The van der Waals surface area contributed by atoms with Crippen LogP contribution in [-0.4, -0.2) is 16.1 Å². The highest BCUT2D eigenvalue weighted by Crippen LogP contribution is 2.21. The normalized spacial score (nSPS) is 11.5. The summed E-state index contributed by atoms with van der Waals surface area (Å²) in [4.78, 5) is 14.8. The number of carboxylic acid groups (broad SMARTS) is 1. The Hall–Kier alpha value is -1.09. The summed E-state index contributed by atoms with van der Waals surface area (Å²) in [6.45, 7) is 6.20. The third kappa shape index (κ3) is 3.88. The molecule has 3 nitrogen and oxygen atoms in total. The molecular weight excluding hydrogens is 214 g/mol. The Bertz CT molecular complexity index is 383. The quantitative estimate of drug-likeness (QED) is 0.845.